The second-order valence-corrected chi connectivity index (χ2v) is 4.80. The van der Waals surface area contributed by atoms with Crippen LogP contribution in [0.1, 0.15) is 22.9 Å². The first kappa shape index (κ1) is 12.1. The Morgan fingerprint density at radius 1 is 1.26 bits per heavy atom. The molecule has 0 fully saturated rings. The van der Waals surface area contributed by atoms with Gasteiger partial charge >= 0.3 is 0 Å². The third kappa shape index (κ3) is 2.31. The summed E-state index contributed by atoms with van der Waals surface area (Å²) in [6, 6.07) is 9.81. The number of halogens is 1. The molecule has 1 aromatic carbocycles. The van der Waals surface area contributed by atoms with Crippen molar-refractivity contribution in [3.63, 3.8) is 0 Å². The third-order valence-electron chi connectivity index (χ3n) is 3.56. The van der Waals surface area contributed by atoms with Crippen LogP contribution < -0.4 is 10.7 Å². The van der Waals surface area contributed by atoms with Crippen LogP contribution in [0.15, 0.2) is 41.3 Å². The van der Waals surface area contributed by atoms with E-state index in [1.54, 1.807) is 0 Å². The van der Waals surface area contributed by atoms with Crippen molar-refractivity contribution < 1.29 is 4.39 Å². The summed E-state index contributed by atoms with van der Waals surface area (Å²) in [5, 5.41) is 3.31. The molecule has 0 spiro atoms. The zero-order chi connectivity index (χ0) is 13.2. The second-order valence-electron chi connectivity index (χ2n) is 4.80. The van der Waals surface area contributed by atoms with Crippen LogP contribution >= 0.6 is 0 Å². The van der Waals surface area contributed by atoms with Crippen LogP contribution in [0.5, 0.6) is 0 Å². The van der Waals surface area contributed by atoms with E-state index < -0.39 is 11.2 Å². The molecule has 1 aliphatic heterocycles. The van der Waals surface area contributed by atoms with E-state index in [0.29, 0.717) is 12.0 Å². The zero-order valence-electron chi connectivity index (χ0n) is 10.4. The number of aromatic amines is 1. The molecule has 1 unspecified atom stereocenters. The van der Waals surface area contributed by atoms with Crippen molar-refractivity contribution in [1.82, 2.24) is 10.3 Å². The molecule has 0 amide bonds. The lowest BCUT2D eigenvalue weighted by Gasteiger charge is -2.26. The summed E-state index contributed by atoms with van der Waals surface area (Å²) in [6.07, 6.45) is 2.59. The Balaban J connectivity index is 1.98. The summed E-state index contributed by atoms with van der Waals surface area (Å²) in [4.78, 5) is 14.9. The zero-order valence-corrected chi connectivity index (χ0v) is 10.4. The van der Waals surface area contributed by atoms with Crippen molar-refractivity contribution in [2.45, 2.75) is 18.9 Å². The Morgan fingerprint density at radius 2 is 2.05 bits per heavy atom. The van der Waals surface area contributed by atoms with Crippen LogP contribution in [0.3, 0.4) is 0 Å². The lowest BCUT2D eigenvalue weighted by atomic mass is 9.93. The minimum Gasteiger partial charge on any atom is -0.362 e. The van der Waals surface area contributed by atoms with Crippen LogP contribution in [0.4, 0.5) is 4.39 Å². The monoisotopic (exact) mass is 258 g/mol. The molecular formula is C15H15FN2O. The van der Waals surface area contributed by atoms with Gasteiger partial charge in [0.1, 0.15) is 0 Å². The Morgan fingerprint density at radius 3 is 2.84 bits per heavy atom. The number of rotatable bonds is 2. The lowest BCUT2D eigenvalue weighted by Crippen LogP contribution is -2.37. The maximum atomic E-state index is 13.4. The normalized spacial score (nSPS) is 18.1. The quantitative estimate of drug-likeness (QED) is 0.864. The summed E-state index contributed by atoms with van der Waals surface area (Å²) < 4.78 is 13.4. The molecule has 0 saturated carbocycles. The standard InChI is InChI=1S/C15H15FN2O/c16-11-9-18-12-6-7-17-13(14(12)15(11)19)8-10-4-2-1-3-5-10/h1-5,9,13,17H,6-8H2,(H,18,19). The fourth-order valence-electron chi connectivity index (χ4n) is 2.63. The van der Waals surface area contributed by atoms with Gasteiger partial charge in [0.2, 0.25) is 5.43 Å². The molecule has 0 saturated heterocycles. The summed E-state index contributed by atoms with van der Waals surface area (Å²) in [5.74, 6) is -0.708. The van der Waals surface area contributed by atoms with Gasteiger partial charge in [0, 0.05) is 36.5 Å². The fourth-order valence-corrected chi connectivity index (χ4v) is 2.63. The average Bonchev–Trinajstić information content (AvgIpc) is 2.44. The van der Waals surface area contributed by atoms with E-state index >= 15 is 0 Å². The minimum atomic E-state index is -0.708. The highest BCUT2D eigenvalue weighted by molar-refractivity contribution is 5.29. The van der Waals surface area contributed by atoms with Gasteiger partial charge in [0.25, 0.3) is 0 Å². The molecule has 19 heavy (non-hydrogen) atoms. The van der Waals surface area contributed by atoms with Gasteiger partial charge in [-0.2, -0.15) is 0 Å². The van der Waals surface area contributed by atoms with E-state index in [9.17, 15) is 9.18 Å². The molecular weight excluding hydrogens is 243 g/mol. The highest BCUT2D eigenvalue weighted by Crippen LogP contribution is 2.22. The van der Waals surface area contributed by atoms with Gasteiger partial charge in [0.15, 0.2) is 5.82 Å². The van der Waals surface area contributed by atoms with Crippen molar-refractivity contribution in [2.75, 3.05) is 6.54 Å². The SMILES string of the molecule is O=c1c(F)c[nH]c2c1C(Cc1ccccc1)NCC2. The molecule has 2 N–H and O–H groups in total. The molecule has 2 aromatic rings. The highest BCUT2D eigenvalue weighted by Gasteiger charge is 2.24. The summed E-state index contributed by atoms with van der Waals surface area (Å²) in [7, 11) is 0. The van der Waals surface area contributed by atoms with Gasteiger partial charge < -0.3 is 10.3 Å². The van der Waals surface area contributed by atoms with Crippen molar-refractivity contribution in [2.24, 2.45) is 0 Å². The summed E-state index contributed by atoms with van der Waals surface area (Å²) >= 11 is 0. The smallest absolute Gasteiger partial charge is 0.222 e. The van der Waals surface area contributed by atoms with E-state index in [1.807, 2.05) is 30.3 Å². The average molecular weight is 258 g/mol. The molecule has 1 atom stereocenters. The molecule has 0 radical (unpaired) electrons. The summed E-state index contributed by atoms with van der Waals surface area (Å²) in [6.45, 7) is 0.798. The van der Waals surface area contributed by atoms with Crippen molar-refractivity contribution >= 4 is 0 Å². The Kier molecular flexibility index (Phi) is 3.17. The number of hydrogen-bond donors (Lipinski definition) is 2. The van der Waals surface area contributed by atoms with Crippen LogP contribution in [0.25, 0.3) is 0 Å². The van der Waals surface area contributed by atoms with Gasteiger partial charge in [-0.05, 0) is 12.0 Å². The number of aromatic nitrogens is 1. The third-order valence-corrected chi connectivity index (χ3v) is 3.56. The minimum absolute atomic E-state index is 0.120. The van der Waals surface area contributed by atoms with Crippen LogP contribution in [0.2, 0.25) is 0 Å². The molecule has 0 aliphatic carbocycles. The molecule has 3 nitrogen and oxygen atoms in total. The molecule has 3 rings (SSSR count). The number of pyridine rings is 1. The van der Waals surface area contributed by atoms with Gasteiger partial charge in [-0.3, -0.25) is 4.79 Å². The summed E-state index contributed by atoms with van der Waals surface area (Å²) in [5.41, 5.74) is 2.06. The highest BCUT2D eigenvalue weighted by atomic mass is 19.1. The number of benzene rings is 1. The predicted octanol–water partition coefficient (Wildman–Crippen LogP) is 1.94. The van der Waals surface area contributed by atoms with E-state index in [-0.39, 0.29) is 6.04 Å². The lowest BCUT2D eigenvalue weighted by molar-refractivity contribution is 0.482. The Labute approximate surface area is 110 Å². The topological polar surface area (TPSA) is 44.9 Å². The predicted molar refractivity (Wildman–Crippen MR) is 71.6 cm³/mol. The maximum Gasteiger partial charge on any atom is 0.222 e. The van der Waals surface area contributed by atoms with Crippen LogP contribution in [-0.2, 0) is 12.8 Å². The maximum absolute atomic E-state index is 13.4. The molecule has 4 heteroatoms. The van der Waals surface area contributed by atoms with Gasteiger partial charge in [-0.25, -0.2) is 4.39 Å². The molecule has 1 aromatic heterocycles. The van der Waals surface area contributed by atoms with Crippen molar-refractivity contribution in [3.8, 4) is 0 Å². The first-order valence-corrected chi connectivity index (χ1v) is 6.43. The van der Waals surface area contributed by atoms with E-state index in [4.69, 9.17) is 0 Å². The number of hydrogen-bond acceptors (Lipinski definition) is 2. The van der Waals surface area contributed by atoms with Gasteiger partial charge in [-0.1, -0.05) is 30.3 Å². The Bertz CT molecular complexity index is 636. The molecule has 0 bridgehead atoms. The largest absolute Gasteiger partial charge is 0.362 e. The van der Waals surface area contributed by atoms with Crippen molar-refractivity contribution in [3.05, 3.63) is 69.4 Å². The second kappa shape index (κ2) is 4.97. The first-order chi connectivity index (χ1) is 9.25. The number of nitrogens with one attached hydrogen (secondary N) is 2. The molecule has 98 valence electrons. The molecule has 2 heterocycles. The van der Waals surface area contributed by atoms with Crippen LogP contribution in [0, 0.1) is 5.82 Å². The molecule has 1 aliphatic rings. The van der Waals surface area contributed by atoms with Crippen LogP contribution in [-0.4, -0.2) is 11.5 Å². The Hall–Kier alpha value is -1.94. The fraction of sp³-hybridized carbons (Fsp3) is 0.267. The number of H-pyrrole nitrogens is 1. The first-order valence-electron chi connectivity index (χ1n) is 6.43. The number of fused-ring (bicyclic) bond motifs is 1. The van der Waals surface area contributed by atoms with E-state index in [1.165, 1.54) is 0 Å². The van der Waals surface area contributed by atoms with Gasteiger partial charge in [0.05, 0.1) is 0 Å². The van der Waals surface area contributed by atoms with Gasteiger partial charge in [-0.15, -0.1) is 0 Å². The van der Waals surface area contributed by atoms with E-state index in [0.717, 1.165) is 30.4 Å². The van der Waals surface area contributed by atoms with Crippen molar-refractivity contribution in [1.29, 1.82) is 0 Å². The van der Waals surface area contributed by atoms with E-state index in [2.05, 4.69) is 10.3 Å².